The summed E-state index contributed by atoms with van der Waals surface area (Å²) < 4.78 is 19.1. The Morgan fingerprint density at radius 1 is 1.33 bits per heavy atom. The normalized spacial score (nSPS) is 15.1. The van der Waals surface area contributed by atoms with E-state index in [1.807, 2.05) is 31.2 Å². The summed E-state index contributed by atoms with van der Waals surface area (Å²) in [6, 6.07) is 9.41. The van der Waals surface area contributed by atoms with Gasteiger partial charge in [0.1, 0.15) is 5.03 Å². The Balaban J connectivity index is 2.85. The molecule has 1 N–H and O–H groups in total. The Morgan fingerprint density at radius 3 is 2.67 bits per heavy atom. The molecule has 1 atom stereocenters. The number of aromatic nitrogens is 1. The van der Waals surface area contributed by atoms with Gasteiger partial charge in [0, 0.05) is 11.6 Å². The fraction of sp³-hybridized carbons (Fsp3) is 0.182. The Labute approximate surface area is 89.1 Å². The summed E-state index contributed by atoms with van der Waals surface area (Å²) in [7, 11) is -2.73. The first kappa shape index (κ1) is 10.1. The lowest BCUT2D eigenvalue weighted by molar-refractivity contribution is 0.676. The Kier molecular flexibility index (Phi) is 2.23. The number of hydrogen-bond acceptors (Lipinski definition) is 3. The molecule has 1 unspecified atom stereocenters. The Bertz CT molecular complexity index is 618. The smallest absolute Gasteiger partial charge is 0.136 e. The van der Waals surface area contributed by atoms with Crippen molar-refractivity contribution >= 4 is 20.6 Å². The van der Waals surface area contributed by atoms with E-state index in [1.54, 1.807) is 6.07 Å². The molecule has 1 aromatic carbocycles. The molecule has 2 aromatic rings. The zero-order chi connectivity index (χ0) is 11.1. The molecule has 0 saturated heterocycles. The van der Waals surface area contributed by atoms with Crippen LogP contribution in [0.1, 0.15) is 5.56 Å². The van der Waals surface area contributed by atoms with Gasteiger partial charge in [0.2, 0.25) is 0 Å². The molecular formula is C11H12N2OS. The number of pyridine rings is 1. The van der Waals surface area contributed by atoms with E-state index in [1.165, 1.54) is 6.26 Å². The van der Waals surface area contributed by atoms with E-state index in [0.29, 0.717) is 5.03 Å². The molecule has 0 amide bonds. The summed E-state index contributed by atoms with van der Waals surface area (Å²) in [5.74, 6) is 0. The number of rotatable bonds is 1. The average molecular weight is 220 g/mol. The molecule has 0 aliphatic carbocycles. The van der Waals surface area contributed by atoms with E-state index in [-0.39, 0.29) is 0 Å². The van der Waals surface area contributed by atoms with Crippen LogP contribution in [0.15, 0.2) is 35.4 Å². The molecule has 0 bridgehead atoms. The number of aryl methyl sites for hydroxylation is 1. The first-order valence-corrected chi connectivity index (χ1v) is 6.55. The minimum atomic E-state index is -2.73. The summed E-state index contributed by atoms with van der Waals surface area (Å²) in [5.41, 5.74) is 1.81. The van der Waals surface area contributed by atoms with Gasteiger partial charge in [-0.05, 0) is 24.6 Å². The first-order chi connectivity index (χ1) is 6.98. The zero-order valence-corrected chi connectivity index (χ0v) is 9.47. The minimum Gasteiger partial charge on any atom is -0.248 e. The SMILES string of the molecule is Cc1cc(S(C)(=N)=O)nc2ccccc12. The molecule has 1 aromatic heterocycles. The molecular weight excluding hydrogens is 208 g/mol. The largest absolute Gasteiger partial charge is 0.248 e. The standard InChI is InChI=1S/C11H12N2OS/c1-8-7-11(15(2,12)14)13-10-6-4-3-5-9(8)10/h3-7,12H,1-2H3. The Morgan fingerprint density at radius 2 is 2.00 bits per heavy atom. The molecule has 0 spiro atoms. The molecule has 0 fully saturated rings. The van der Waals surface area contributed by atoms with Crippen molar-refractivity contribution in [3.05, 3.63) is 35.9 Å². The van der Waals surface area contributed by atoms with Crippen LogP contribution in [0.4, 0.5) is 0 Å². The van der Waals surface area contributed by atoms with E-state index in [9.17, 15) is 4.21 Å². The topological polar surface area (TPSA) is 53.8 Å². The lowest BCUT2D eigenvalue weighted by atomic mass is 10.1. The van der Waals surface area contributed by atoms with Crippen molar-refractivity contribution in [1.29, 1.82) is 4.78 Å². The van der Waals surface area contributed by atoms with Gasteiger partial charge in [-0.3, -0.25) is 0 Å². The van der Waals surface area contributed by atoms with Crippen molar-refractivity contribution in [2.45, 2.75) is 11.9 Å². The van der Waals surface area contributed by atoms with Crippen LogP contribution in [-0.2, 0) is 9.73 Å². The van der Waals surface area contributed by atoms with Crippen LogP contribution in [0, 0.1) is 11.7 Å². The molecule has 15 heavy (non-hydrogen) atoms. The highest BCUT2D eigenvalue weighted by Gasteiger charge is 2.08. The Hall–Kier alpha value is -1.42. The summed E-state index contributed by atoms with van der Waals surface area (Å²) in [5, 5.41) is 1.41. The summed E-state index contributed by atoms with van der Waals surface area (Å²) in [6.07, 6.45) is 1.39. The molecule has 2 rings (SSSR count). The van der Waals surface area contributed by atoms with Gasteiger partial charge in [0.15, 0.2) is 0 Å². The molecule has 0 saturated carbocycles. The maximum atomic E-state index is 11.6. The van der Waals surface area contributed by atoms with Gasteiger partial charge in [-0.15, -0.1) is 0 Å². The summed E-state index contributed by atoms with van der Waals surface area (Å²) in [6.45, 7) is 1.94. The van der Waals surface area contributed by atoms with Gasteiger partial charge in [-0.2, -0.15) is 0 Å². The molecule has 0 aliphatic rings. The van der Waals surface area contributed by atoms with Gasteiger partial charge in [0.25, 0.3) is 0 Å². The molecule has 0 radical (unpaired) electrons. The van der Waals surface area contributed by atoms with Gasteiger partial charge >= 0.3 is 0 Å². The second-order valence-electron chi connectivity index (χ2n) is 3.64. The fourth-order valence-corrected chi connectivity index (χ4v) is 2.19. The number of nitrogens with zero attached hydrogens (tertiary/aromatic N) is 1. The van der Waals surface area contributed by atoms with E-state index >= 15 is 0 Å². The van der Waals surface area contributed by atoms with Crippen LogP contribution in [0.3, 0.4) is 0 Å². The van der Waals surface area contributed by atoms with Crippen LogP contribution in [0.5, 0.6) is 0 Å². The first-order valence-electron chi connectivity index (χ1n) is 4.59. The zero-order valence-electron chi connectivity index (χ0n) is 8.65. The second-order valence-corrected chi connectivity index (χ2v) is 5.74. The average Bonchev–Trinajstić information content (AvgIpc) is 2.16. The predicted molar refractivity (Wildman–Crippen MR) is 61.5 cm³/mol. The van der Waals surface area contributed by atoms with E-state index in [0.717, 1.165) is 16.5 Å². The maximum Gasteiger partial charge on any atom is 0.136 e. The molecule has 78 valence electrons. The summed E-state index contributed by atoms with van der Waals surface area (Å²) in [4.78, 5) is 4.24. The van der Waals surface area contributed by atoms with Crippen LogP contribution in [0.25, 0.3) is 10.9 Å². The van der Waals surface area contributed by atoms with Crippen molar-refractivity contribution in [2.24, 2.45) is 0 Å². The van der Waals surface area contributed by atoms with E-state index < -0.39 is 9.73 Å². The van der Waals surface area contributed by atoms with Gasteiger partial charge < -0.3 is 0 Å². The monoisotopic (exact) mass is 220 g/mol. The van der Waals surface area contributed by atoms with Crippen molar-refractivity contribution in [1.82, 2.24) is 4.98 Å². The van der Waals surface area contributed by atoms with Crippen molar-refractivity contribution in [3.8, 4) is 0 Å². The summed E-state index contributed by atoms with van der Waals surface area (Å²) >= 11 is 0. The van der Waals surface area contributed by atoms with Gasteiger partial charge in [0.05, 0.1) is 15.2 Å². The highest BCUT2D eigenvalue weighted by Crippen LogP contribution is 2.19. The molecule has 4 heteroatoms. The molecule has 3 nitrogen and oxygen atoms in total. The molecule has 0 aliphatic heterocycles. The van der Waals surface area contributed by atoms with Crippen molar-refractivity contribution in [2.75, 3.05) is 6.26 Å². The van der Waals surface area contributed by atoms with Gasteiger partial charge in [-0.25, -0.2) is 14.0 Å². The quantitative estimate of drug-likeness (QED) is 0.803. The number of nitrogens with one attached hydrogen (secondary N) is 1. The van der Waals surface area contributed by atoms with Gasteiger partial charge in [-0.1, -0.05) is 18.2 Å². The van der Waals surface area contributed by atoms with E-state index in [2.05, 4.69) is 4.98 Å². The highest BCUT2D eigenvalue weighted by molar-refractivity contribution is 7.91. The third-order valence-electron chi connectivity index (χ3n) is 2.30. The number of para-hydroxylation sites is 1. The fourth-order valence-electron chi connectivity index (χ4n) is 1.52. The van der Waals surface area contributed by atoms with Crippen molar-refractivity contribution < 1.29 is 4.21 Å². The van der Waals surface area contributed by atoms with Crippen LogP contribution >= 0.6 is 0 Å². The predicted octanol–water partition coefficient (Wildman–Crippen LogP) is 2.58. The van der Waals surface area contributed by atoms with Crippen LogP contribution in [0.2, 0.25) is 0 Å². The number of fused-ring (bicyclic) bond motifs is 1. The van der Waals surface area contributed by atoms with Crippen LogP contribution < -0.4 is 0 Å². The second kappa shape index (κ2) is 3.31. The highest BCUT2D eigenvalue weighted by atomic mass is 32.2. The lowest BCUT2D eigenvalue weighted by Crippen LogP contribution is -1.99. The third-order valence-corrected chi connectivity index (χ3v) is 3.31. The van der Waals surface area contributed by atoms with Crippen molar-refractivity contribution in [3.63, 3.8) is 0 Å². The number of hydrogen-bond donors (Lipinski definition) is 1. The third kappa shape index (κ3) is 1.85. The van der Waals surface area contributed by atoms with E-state index in [4.69, 9.17) is 4.78 Å². The maximum absolute atomic E-state index is 11.6. The van der Waals surface area contributed by atoms with Crippen LogP contribution in [-0.4, -0.2) is 15.4 Å². The molecule has 1 heterocycles. The lowest BCUT2D eigenvalue weighted by Gasteiger charge is -2.05. The number of benzene rings is 1. The minimum absolute atomic E-state index is 0.360.